The van der Waals surface area contributed by atoms with Crippen LogP contribution in [0.1, 0.15) is 22.7 Å². The van der Waals surface area contributed by atoms with Crippen LogP contribution in [0.5, 0.6) is 11.5 Å². The van der Waals surface area contributed by atoms with Gasteiger partial charge in [0.15, 0.2) is 5.96 Å². The van der Waals surface area contributed by atoms with Crippen molar-refractivity contribution in [2.75, 3.05) is 54.1 Å². The van der Waals surface area contributed by atoms with Crippen molar-refractivity contribution >= 4 is 29.9 Å². The van der Waals surface area contributed by atoms with Crippen LogP contribution < -0.4 is 20.1 Å². The molecule has 1 fully saturated rings. The van der Waals surface area contributed by atoms with Crippen LogP contribution in [0.15, 0.2) is 47.5 Å². The van der Waals surface area contributed by atoms with E-state index in [4.69, 9.17) is 14.2 Å². The van der Waals surface area contributed by atoms with Crippen molar-refractivity contribution < 1.29 is 14.2 Å². The van der Waals surface area contributed by atoms with Crippen LogP contribution in [0.25, 0.3) is 0 Å². The lowest BCUT2D eigenvalue weighted by Gasteiger charge is -2.35. The van der Waals surface area contributed by atoms with E-state index in [1.54, 1.807) is 21.3 Å². The Morgan fingerprint density at radius 2 is 1.78 bits per heavy atom. The first kappa shape index (κ1) is 26.2. The number of methoxy groups -OCH3 is 2. The van der Waals surface area contributed by atoms with Gasteiger partial charge in [-0.2, -0.15) is 0 Å². The number of nitrogens with zero attached hydrogens (tertiary/aromatic N) is 2. The number of hydrogen-bond donors (Lipinski definition) is 2. The van der Waals surface area contributed by atoms with Crippen molar-refractivity contribution in [2.24, 2.45) is 4.99 Å². The lowest BCUT2D eigenvalue weighted by atomic mass is 10.0. The van der Waals surface area contributed by atoms with E-state index in [2.05, 4.69) is 51.7 Å². The van der Waals surface area contributed by atoms with Crippen LogP contribution in [0.2, 0.25) is 0 Å². The molecule has 2 aromatic carbocycles. The smallest absolute Gasteiger partial charge is 0.191 e. The Bertz CT molecular complexity index is 855. The Kier molecular flexibility index (Phi) is 11.1. The van der Waals surface area contributed by atoms with E-state index >= 15 is 0 Å². The first-order valence-electron chi connectivity index (χ1n) is 10.7. The van der Waals surface area contributed by atoms with E-state index in [1.165, 1.54) is 11.1 Å². The molecule has 0 amide bonds. The number of aliphatic imine (C=N–C) groups is 1. The SMILES string of the molecule is CN=C(NCc1ccc(OC)cc1OC)NCC(c1ccc(C)cc1)N1CCOCC1.I. The number of rotatable bonds is 8. The molecule has 1 saturated heterocycles. The minimum absolute atomic E-state index is 0. The first-order valence-corrected chi connectivity index (χ1v) is 10.7. The maximum absolute atomic E-state index is 5.56. The summed E-state index contributed by atoms with van der Waals surface area (Å²) in [6.45, 7) is 6.86. The summed E-state index contributed by atoms with van der Waals surface area (Å²) in [6, 6.07) is 14.8. The van der Waals surface area contributed by atoms with Gasteiger partial charge in [-0.05, 0) is 24.6 Å². The van der Waals surface area contributed by atoms with Gasteiger partial charge in [-0.1, -0.05) is 29.8 Å². The quantitative estimate of drug-likeness (QED) is 0.297. The maximum Gasteiger partial charge on any atom is 0.191 e. The van der Waals surface area contributed by atoms with Gasteiger partial charge in [-0.3, -0.25) is 9.89 Å². The van der Waals surface area contributed by atoms with Crippen molar-refractivity contribution in [3.05, 3.63) is 59.2 Å². The largest absolute Gasteiger partial charge is 0.497 e. The highest BCUT2D eigenvalue weighted by molar-refractivity contribution is 14.0. The molecule has 7 nitrogen and oxygen atoms in total. The van der Waals surface area contributed by atoms with Crippen LogP contribution in [0.4, 0.5) is 0 Å². The fourth-order valence-electron chi connectivity index (χ4n) is 3.73. The molecule has 32 heavy (non-hydrogen) atoms. The molecule has 0 bridgehead atoms. The fourth-order valence-corrected chi connectivity index (χ4v) is 3.73. The average molecular weight is 554 g/mol. The molecule has 0 aliphatic carbocycles. The second-order valence-electron chi connectivity index (χ2n) is 7.56. The Labute approximate surface area is 208 Å². The summed E-state index contributed by atoms with van der Waals surface area (Å²) in [7, 11) is 5.10. The molecule has 1 aliphatic heterocycles. The Morgan fingerprint density at radius 3 is 2.41 bits per heavy atom. The topological polar surface area (TPSA) is 67.4 Å². The maximum atomic E-state index is 5.56. The molecule has 0 spiro atoms. The van der Waals surface area contributed by atoms with Crippen LogP contribution in [-0.2, 0) is 11.3 Å². The Balaban J connectivity index is 0.00000363. The number of halogens is 1. The lowest BCUT2D eigenvalue weighted by molar-refractivity contribution is 0.0170. The van der Waals surface area contributed by atoms with E-state index in [9.17, 15) is 0 Å². The third-order valence-electron chi connectivity index (χ3n) is 5.58. The van der Waals surface area contributed by atoms with E-state index in [-0.39, 0.29) is 30.0 Å². The third kappa shape index (κ3) is 7.25. The number of aryl methyl sites for hydroxylation is 1. The summed E-state index contributed by atoms with van der Waals surface area (Å²) in [5, 5.41) is 6.89. The minimum atomic E-state index is 0. The van der Waals surface area contributed by atoms with E-state index in [0.29, 0.717) is 6.54 Å². The zero-order chi connectivity index (χ0) is 22.1. The molecular weight excluding hydrogens is 519 g/mol. The van der Waals surface area contributed by atoms with Crippen molar-refractivity contribution in [3.63, 3.8) is 0 Å². The highest BCUT2D eigenvalue weighted by Gasteiger charge is 2.23. The highest BCUT2D eigenvalue weighted by Crippen LogP contribution is 2.24. The first-order chi connectivity index (χ1) is 15.1. The summed E-state index contributed by atoms with van der Waals surface area (Å²) in [5.41, 5.74) is 3.60. The van der Waals surface area contributed by atoms with Crippen molar-refractivity contribution in [1.29, 1.82) is 0 Å². The van der Waals surface area contributed by atoms with Crippen molar-refractivity contribution in [1.82, 2.24) is 15.5 Å². The standard InChI is InChI=1S/C24H34N4O3.HI/c1-18-5-7-19(8-6-18)22(28-11-13-31-14-12-28)17-27-24(25-2)26-16-20-9-10-21(29-3)15-23(20)30-4;/h5-10,15,22H,11-14,16-17H2,1-4H3,(H2,25,26,27);1H. The van der Waals surface area contributed by atoms with E-state index in [1.807, 2.05) is 18.2 Å². The number of ether oxygens (including phenoxy) is 3. The monoisotopic (exact) mass is 554 g/mol. The van der Waals surface area contributed by atoms with Gasteiger partial charge in [0.25, 0.3) is 0 Å². The van der Waals surface area contributed by atoms with Crippen LogP contribution in [-0.4, -0.2) is 65.0 Å². The zero-order valence-corrected chi connectivity index (χ0v) is 21.7. The number of guanidine groups is 1. The van der Waals surface area contributed by atoms with Gasteiger partial charge in [0.1, 0.15) is 11.5 Å². The van der Waals surface area contributed by atoms with Gasteiger partial charge in [-0.25, -0.2) is 0 Å². The van der Waals surface area contributed by atoms with Crippen LogP contribution in [0.3, 0.4) is 0 Å². The second-order valence-corrected chi connectivity index (χ2v) is 7.56. The van der Waals surface area contributed by atoms with E-state index in [0.717, 1.165) is 55.9 Å². The number of nitrogens with one attached hydrogen (secondary N) is 2. The molecule has 1 heterocycles. The zero-order valence-electron chi connectivity index (χ0n) is 19.4. The number of hydrogen-bond acceptors (Lipinski definition) is 5. The van der Waals surface area contributed by atoms with Gasteiger partial charge in [0, 0.05) is 44.9 Å². The molecule has 0 aromatic heterocycles. The molecular formula is C24H35IN4O3. The summed E-state index contributed by atoms with van der Waals surface area (Å²) < 4.78 is 16.3. The third-order valence-corrected chi connectivity index (χ3v) is 5.58. The molecule has 1 unspecified atom stereocenters. The van der Waals surface area contributed by atoms with Crippen LogP contribution in [0, 0.1) is 6.92 Å². The Morgan fingerprint density at radius 1 is 1.06 bits per heavy atom. The predicted octanol–water partition coefficient (Wildman–Crippen LogP) is 3.37. The van der Waals surface area contributed by atoms with Crippen LogP contribution >= 0.6 is 24.0 Å². The van der Waals surface area contributed by atoms with E-state index < -0.39 is 0 Å². The molecule has 0 radical (unpaired) electrons. The average Bonchev–Trinajstić information content (AvgIpc) is 2.82. The normalized spacial score (nSPS) is 15.4. The molecule has 176 valence electrons. The second kappa shape index (κ2) is 13.5. The molecule has 1 atom stereocenters. The predicted molar refractivity (Wildman–Crippen MR) is 139 cm³/mol. The van der Waals surface area contributed by atoms with Gasteiger partial charge >= 0.3 is 0 Å². The molecule has 3 rings (SSSR count). The Hall–Kier alpha value is -2.04. The molecule has 2 N–H and O–H groups in total. The molecule has 0 saturated carbocycles. The van der Waals surface area contributed by atoms with Gasteiger partial charge < -0.3 is 24.8 Å². The number of morpholine rings is 1. The van der Waals surface area contributed by atoms with Crippen molar-refractivity contribution in [2.45, 2.75) is 19.5 Å². The lowest BCUT2D eigenvalue weighted by Crippen LogP contribution is -2.46. The molecule has 2 aromatic rings. The summed E-state index contributed by atoms with van der Waals surface area (Å²) in [6.07, 6.45) is 0. The highest BCUT2D eigenvalue weighted by atomic mass is 127. The van der Waals surface area contributed by atoms with Gasteiger partial charge in [0.05, 0.1) is 33.5 Å². The van der Waals surface area contributed by atoms with Crippen molar-refractivity contribution in [3.8, 4) is 11.5 Å². The summed E-state index contributed by atoms with van der Waals surface area (Å²) >= 11 is 0. The molecule has 1 aliphatic rings. The minimum Gasteiger partial charge on any atom is -0.497 e. The van der Waals surface area contributed by atoms with Gasteiger partial charge in [0.2, 0.25) is 0 Å². The summed E-state index contributed by atoms with van der Waals surface area (Å²) in [4.78, 5) is 6.88. The number of benzene rings is 2. The van der Waals surface area contributed by atoms with Gasteiger partial charge in [-0.15, -0.1) is 24.0 Å². The molecule has 8 heteroatoms. The fraction of sp³-hybridized carbons (Fsp3) is 0.458. The summed E-state index contributed by atoms with van der Waals surface area (Å²) in [5.74, 6) is 2.31.